The molecule has 0 aliphatic carbocycles. The third-order valence-corrected chi connectivity index (χ3v) is 4.63. The topological polar surface area (TPSA) is 55.1 Å². The summed E-state index contributed by atoms with van der Waals surface area (Å²) in [6.07, 6.45) is 1.06. The summed E-state index contributed by atoms with van der Waals surface area (Å²) < 4.78 is 1.02. The molecule has 0 radical (unpaired) electrons. The number of amides is 1. The van der Waals surface area contributed by atoms with Crippen molar-refractivity contribution in [3.05, 3.63) is 28.7 Å². The van der Waals surface area contributed by atoms with Crippen LogP contribution in [-0.2, 0) is 4.79 Å². The van der Waals surface area contributed by atoms with E-state index in [0.717, 1.165) is 28.1 Å². The standard InChI is InChI=1S/C12H15BrN2OS/c13-9-1-3-10(4-2-9)15-11(12(14)16)8-5-6-17-7-8/h1-4,8,11,15H,5-7H2,(H2,14,16). The molecule has 0 bridgehead atoms. The molecule has 92 valence electrons. The Balaban J connectivity index is 2.06. The molecule has 0 spiro atoms. The van der Waals surface area contributed by atoms with Gasteiger partial charge in [-0.1, -0.05) is 15.9 Å². The monoisotopic (exact) mass is 314 g/mol. The molecule has 2 rings (SSSR count). The SMILES string of the molecule is NC(=O)C(Nc1ccc(Br)cc1)C1CCSC1. The second kappa shape index (κ2) is 5.78. The van der Waals surface area contributed by atoms with Crippen molar-refractivity contribution in [2.45, 2.75) is 12.5 Å². The van der Waals surface area contributed by atoms with Crippen LogP contribution >= 0.6 is 27.7 Å². The summed E-state index contributed by atoms with van der Waals surface area (Å²) in [5.41, 5.74) is 6.41. The number of rotatable bonds is 4. The largest absolute Gasteiger partial charge is 0.373 e. The minimum Gasteiger partial charge on any atom is -0.373 e. The van der Waals surface area contributed by atoms with Gasteiger partial charge in [-0.3, -0.25) is 4.79 Å². The van der Waals surface area contributed by atoms with Crippen molar-refractivity contribution in [1.29, 1.82) is 0 Å². The van der Waals surface area contributed by atoms with Gasteiger partial charge in [0, 0.05) is 10.2 Å². The molecule has 2 atom stereocenters. The number of carbonyl (C=O) groups is 1. The van der Waals surface area contributed by atoms with Gasteiger partial charge in [-0.2, -0.15) is 11.8 Å². The zero-order chi connectivity index (χ0) is 12.3. The van der Waals surface area contributed by atoms with Crippen LogP contribution in [0.5, 0.6) is 0 Å². The number of halogens is 1. The number of primary amides is 1. The molecule has 1 saturated heterocycles. The van der Waals surface area contributed by atoms with Crippen LogP contribution < -0.4 is 11.1 Å². The highest BCUT2D eigenvalue weighted by Gasteiger charge is 2.29. The normalized spacial score (nSPS) is 21.1. The van der Waals surface area contributed by atoms with E-state index in [0.29, 0.717) is 5.92 Å². The predicted molar refractivity (Wildman–Crippen MR) is 76.2 cm³/mol. The molecule has 5 heteroatoms. The van der Waals surface area contributed by atoms with E-state index in [1.165, 1.54) is 0 Å². The van der Waals surface area contributed by atoms with E-state index in [4.69, 9.17) is 5.73 Å². The summed E-state index contributed by atoms with van der Waals surface area (Å²) >= 11 is 5.27. The Morgan fingerprint density at radius 2 is 2.18 bits per heavy atom. The molecule has 1 aromatic rings. The molecule has 1 aliphatic heterocycles. The summed E-state index contributed by atoms with van der Waals surface area (Å²) in [6, 6.07) is 7.53. The van der Waals surface area contributed by atoms with E-state index >= 15 is 0 Å². The molecule has 0 aromatic heterocycles. The fraction of sp³-hybridized carbons (Fsp3) is 0.417. The Bertz CT molecular complexity index is 390. The van der Waals surface area contributed by atoms with Crippen molar-refractivity contribution in [3.8, 4) is 0 Å². The molecule has 1 amide bonds. The zero-order valence-corrected chi connectivity index (χ0v) is 11.8. The highest BCUT2D eigenvalue weighted by atomic mass is 79.9. The average molecular weight is 315 g/mol. The number of carbonyl (C=O) groups excluding carboxylic acids is 1. The maximum Gasteiger partial charge on any atom is 0.240 e. The van der Waals surface area contributed by atoms with Gasteiger partial charge in [0.1, 0.15) is 6.04 Å². The van der Waals surface area contributed by atoms with Gasteiger partial charge in [-0.25, -0.2) is 0 Å². The zero-order valence-electron chi connectivity index (χ0n) is 9.36. The lowest BCUT2D eigenvalue weighted by molar-refractivity contribution is -0.119. The highest BCUT2D eigenvalue weighted by Crippen LogP contribution is 2.28. The molecule has 1 aliphatic rings. The molecule has 1 fully saturated rings. The van der Waals surface area contributed by atoms with Gasteiger partial charge in [-0.15, -0.1) is 0 Å². The van der Waals surface area contributed by atoms with Gasteiger partial charge in [0.05, 0.1) is 0 Å². The van der Waals surface area contributed by atoms with E-state index in [1.54, 1.807) is 0 Å². The summed E-state index contributed by atoms with van der Waals surface area (Å²) in [5, 5.41) is 3.24. The molecule has 1 heterocycles. The summed E-state index contributed by atoms with van der Waals surface area (Å²) in [7, 11) is 0. The number of benzene rings is 1. The fourth-order valence-corrected chi connectivity index (χ4v) is 3.52. The average Bonchev–Trinajstić information content (AvgIpc) is 2.81. The Hall–Kier alpha value is -0.680. The van der Waals surface area contributed by atoms with Crippen molar-refractivity contribution in [2.24, 2.45) is 11.7 Å². The molecular weight excluding hydrogens is 300 g/mol. The Kier molecular flexibility index (Phi) is 4.34. The van der Waals surface area contributed by atoms with E-state index in [9.17, 15) is 4.79 Å². The molecular formula is C12H15BrN2OS. The van der Waals surface area contributed by atoms with Gasteiger partial charge in [0.15, 0.2) is 0 Å². The van der Waals surface area contributed by atoms with Crippen LogP contribution in [0.15, 0.2) is 28.7 Å². The summed E-state index contributed by atoms with van der Waals surface area (Å²) in [5.74, 6) is 2.22. The van der Waals surface area contributed by atoms with Crippen molar-refractivity contribution in [1.82, 2.24) is 0 Å². The Labute approximate surface area is 114 Å². The first-order valence-corrected chi connectivity index (χ1v) is 7.51. The second-order valence-electron chi connectivity index (χ2n) is 4.15. The molecule has 0 saturated carbocycles. The van der Waals surface area contributed by atoms with Gasteiger partial charge in [0.25, 0.3) is 0 Å². The maximum absolute atomic E-state index is 11.5. The minimum absolute atomic E-state index is 0.258. The van der Waals surface area contributed by atoms with Crippen molar-refractivity contribution in [3.63, 3.8) is 0 Å². The molecule has 17 heavy (non-hydrogen) atoms. The van der Waals surface area contributed by atoms with Crippen molar-refractivity contribution < 1.29 is 4.79 Å². The number of nitrogens with one attached hydrogen (secondary N) is 1. The minimum atomic E-state index is -0.264. The van der Waals surface area contributed by atoms with Crippen LogP contribution in [-0.4, -0.2) is 23.5 Å². The van der Waals surface area contributed by atoms with Crippen LogP contribution in [0.25, 0.3) is 0 Å². The number of hydrogen-bond acceptors (Lipinski definition) is 3. The molecule has 2 unspecified atom stereocenters. The smallest absolute Gasteiger partial charge is 0.240 e. The predicted octanol–water partition coefficient (Wildman–Crippen LogP) is 2.47. The van der Waals surface area contributed by atoms with Crippen LogP contribution in [0.1, 0.15) is 6.42 Å². The van der Waals surface area contributed by atoms with E-state index < -0.39 is 0 Å². The summed E-state index contributed by atoms with van der Waals surface area (Å²) in [4.78, 5) is 11.5. The van der Waals surface area contributed by atoms with E-state index in [1.807, 2.05) is 36.0 Å². The van der Waals surface area contributed by atoms with E-state index in [2.05, 4.69) is 21.2 Å². The Morgan fingerprint density at radius 3 is 2.71 bits per heavy atom. The van der Waals surface area contributed by atoms with Crippen LogP contribution in [0.4, 0.5) is 5.69 Å². The van der Waals surface area contributed by atoms with Crippen LogP contribution in [0.3, 0.4) is 0 Å². The lowest BCUT2D eigenvalue weighted by Gasteiger charge is -2.22. The van der Waals surface area contributed by atoms with E-state index in [-0.39, 0.29) is 11.9 Å². The van der Waals surface area contributed by atoms with Crippen LogP contribution in [0.2, 0.25) is 0 Å². The van der Waals surface area contributed by atoms with Crippen molar-refractivity contribution >= 4 is 39.3 Å². The number of anilines is 1. The number of hydrogen-bond donors (Lipinski definition) is 2. The second-order valence-corrected chi connectivity index (χ2v) is 6.22. The van der Waals surface area contributed by atoms with Gasteiger partial charge < -0.3 is 11.1 Å². The Morgan fingerprint density at radius 1 is 1.47 bits per heavy atom. The van der Waals surface area contributed by atoms with Gasteiger partial charge in [0.2, 0.25) is 5.91 Å². The van der Waals surface area contributed by atoms with Gasteiger partial charge in [-0.05, 0) is 48.1 Å². The third kappa shape index (κ3) is 3.39. The van der Waals surface area contributed by atoms with Crippen molar-refractivity contribution in [2.75, 3.05) is 16.8 Å². The van der Waals surface area contributed by atoms with Gasteiger partial charge >= 0.3 is 0 Å². The highest BCUT2D eigenvalue weighted by molar-refractivity contribution is 9.10. The molecule has 3 N–H and O–H groups in total. The number of thioether (sulfide) groups is 1. The lowest BCUT2D eigenvalue weighted by atomic mass is 9.98. The maximum atomic E-state index is 11.5. The number of nitrogens with two attached hydrogens (primary N) is 1. The first kappa shape index (κ1) is 12.8. The third-order valence-electron chi connectivity index (χ3n) is 2.91. The first-order chi connectivity index (χ1) is 8.16. The molecule has 3 nitrogen and oxygen atoms in total. The summed E-state index contributed by atoms with van der Waals surface area (Å²) in [6.45, 7) is 0. The lowest BCUT2D eigenvalue weighted by Crippen LogP contribution is -2.41. The quantitative estimate of drug-likeness (QED) is 0.897. The molecule has 1 aromatic carbocycles. The first-order valence-electron chi connectivity index (χ1n) is 5.56. The van der Waals surface area contributed by atoms with Crippen LogP contribution in [0, 0.1) is 5.92 Å². The fourth-order valence-electron chi connectivity index (χ4n) is 1.96.